The molecule has 0 saturated heterocycles. The molecule has 0 radical (unpaired) electrons. The van der Waals surface area contributed by atoms with Crippen LogP contribution in [0.25, 0.3) is 0 Å². The van der Waals surface area contributed by atoms with Crippen molar-refractivity contribution < 1.29 is 18.3 Å². The van der Waals surface area contributed by atoms with Crippen molar-refractivity contribution in [3.63, 3.8) is 0 Å². The molecule has 13 heavy (non-hydrogen) atoms. The van der Waals surface area contributed by atoms with Crippen molar-refractivity contribution >= 4 is 9.84 Å². The second-order valence-electron chi connectivity index (χ2n) is 2.14. The van der Waals surface area contributed by atoms with Crippen LogP contribution in [0.1, 0.15) is 0 Å². The lowest BCUT2D eigenvalue weighted by Gasteiger charge is -1.94. The molecule has 0 aliphatic carbocycles. The van der Waals surface area contributed by atoms with Gasteiger partial charge in [-0.25, -0.2) is 8.42 Å². The smallest absolute Gasteiger partial charge is 0.258 e. The lowest BCUT2D eigenvalue weighted by atomic mass is 10.5. The zero-order chi connectivity index (χ0) is 10.6. The SMILES string of the molecule is CS(=O)(=O)/C=C/C([N+](=O)[O-])[N+](=O)[O-]. The van der Waals surface area contributed by atoms with Crippen LogP contribution in [0.4, 0.5) is 0 Å². The summed E-state index contributed by atoms with van der Waals surface area (Å²) >= 11 is 0. The third kappa shape index (κ3) is 4.85. The molecule has 0 unspecified atom stereocenters. The van der Waals surface area contributed by atoms with E-state index in [1.54, 1.807) is 0 Å². The van der Waals surface area contributed by atoms with E-state index in [-0.39, 0.29) is 0 Å². The minimum Gasteiger partial charge on any atom is -0.258 e. The fourth-order valence-electron chi connectivity index (χ4n) is 0.431. The van der Waals surface area contributed by atoms with Crippen LogP contribution >= 0.6 is 0 Å². The predicted octanol–water partition coefficient (Wildman–Crippen LogP) is -0.576. The second-order valence-corrected chi connectivity index (χ2v) is 4.07. The van der Waals surface area contributed by atoms with Crippen LogP contribution in [0, 0.1) is 20.2 Å². The maximum atomic E-state index is 10.4. The average molecular weight is 210 g/mol. The van der Waals surface area contributed by atoms with Gasteiger partial charge in [-0.2, -0.15) is 0 Å². The summed E-state index contributed by atoms with van der Waals surface area (Å²) in [5.41, 5.74) is 0. The molecule has 0 N–H and O–H groups in total. The van der Waals surface area contributed by atoms with Crippen molar-refractivity contribution in [2.24, 2.45) is 0 Å². The van der Waals surface area contributed by atoms with E-state index in [2.05, 4.69) is 0 Å². The molecule has 9 heteroatoms. The topological polar surface area (TPSA) is 120 Å². The van der Waals surface area contributed by atoms with E-state index in [1.165, 1.54) is 0 Å². The van der Waals surface area contributed by atoms with Gasteiger partial charge in [-0.05, 0) is 0 Å². The van der Waals surface area contributed by atoms with Gasteiger partial charge in [0.05, 0.1) is 6.08 Å². The Morgan fingerprint density at radius 1 is 1.23 bits per heavy atom. The summed E-state index contributed by atoms with van der Waals surface area (Å²) in [6, 6.07) is 0. The summed E-state index contributed by atoms with van der Waals surface area (Å²) in [6.45, 7) is 0. The fraction of sp³-hybridized carbons (Fsp3) is 0.500. The van der Waals surface area contributed by atoms with Crippen molar-refractivity contribution in [2.45, 2.75) is 6.17 Å². The van der Waals surface area contributed by atoms with Gasteiger partial charge in [0.2, 0.25) is 0 Å². The largest absolute Gasteiger partial charge is 0.470 e. The fourth-order valence-corrected chi connectivity index (χ4v) is 0.856. The summed E-state index contributed by atoms with van der Waals surface area (Å²) in [5.74, 6) is 0. The average Bonchev–Trinajstić information content (AvgIpc) is 1.82. The van der Waals surface area contributed by atoms with E-state index in [9.17, 15) is 28.6 Å². The van der Waals surface area contributed by atoms with E-state index in [4.69, 9.17) is 0 Å². The number of sulfone groups is 1. The molecule has 0 aromatic heterocycles. The van der Waals surface area contributed by atoms with E-state index in [0.717, 1.165) is 6.26 Å². The lowest BCUT2D eigenvalue weighted by molar-refractivity contribution is -0.727. The Hall–Kier alpha value is -1.51. The number of nitrogens with zero attached hydrogens (tertiary/aromatic N) is 2. The second kappa shape index (κ2) is 3.94. The first kappa shape index (κ1) is 11.5. The van der Waals surface area contributed by atoms with Gasteiger partial charge in [0.25, 0.3) is 0 Å². The molecule has 0 aliphatic heterocycles. The normalized spacial score (nSPS) is 12.2. The molecule has 0 saturated carbocycles. The highest BCUT2D eigenvalue weighted by Crippen LogP contribution is 1.96. The van der Waals surface area contributed by atoms with E-state index >= 15 is 0 Å². The molecule has 0 atom stereocenters. The minimum absolute atomic E-state index is 0.412. The van der Waals surface area contributed by atoms with Gasteiger partial charge in [0.1, 0.15) is 9.85 Å². The summed E-state index contributed by atoms with van der Waals surface area (Å²) in [6.07, 6.45) is -1.02. The number of hydrogen-bond acceptors (Lipinski definition) is 6. The first-order chi connectivity index (χ1) is 5.74. The highest BCUT2D eigenvalue weighted by molar-refractivity contribution is 7.93. The van der Waals surface area contributed by atoms with Gasteiger partial charge in [0.15, 0.2) is 9.84 Å². The van der Waals surface area contributed by atoms with Crippen LogP contribution in [0.2, 0.25) is 0 Å². The molecule has 0 bridgehead atoms. The number of nitro groups is 2. The molecule has 0 amide bonds. The standard InChI is InChI=1S/C4H6N2O6S/c1-13(11,12)3-2-4(5(7)8)6(9)10/h2-4H,1H3/b3-2+. The van der Waals surface area contributed by atoms with E-state index < -0.39 is 25.8 Å². The molecule has 8 nitrogen and oxygen atoms in total. The van der Waals surface area contributed by atoms with Crippen LogP contribution in [0.3, 0.4) is 0 Å². The lowest BCUT2D eigenvalue weighted by Crippen LogP contribution is -2.26. The number of rotatable bonds is 4. The number of hydrogen-bond donors (Lipinski definition) is 0. The van der Waals surface area contributed by atoms with Crippen molar-refractivity contribution in [1.82, 2.24) is 0 Å². The molecule has 0 rings (SSSR count). The Labute approximate surface area is 73.1 Å². The molecule has 0 fully saturated rings. The van der Waals surface area contributed by atoms with Crippen molar-refractivity contribution in [3.8, 4) is 0 Å². The van der Waals surface area contributed by atoms with Crippen LogP contribution < -0.4 is 0 Å². The van der Waals surface area contributed by atoms with E-state index in [1.807, 2.05) is 0 Å². The Balaban J connectivity index is 4.74. The van der Waals surface area contributed by atoms with Crippen molar-refractivity contribution in [2.75, 3.05) is 6.26 Å². The molecular formula is C4H6N2O6S. The van der Waals surface area contributed by atoms with Crippen molar-refractivity contribution in [1.29, 1.82) is 0 Å². The van der Waals surface area contributed by atoms with Crippen LogP contribution in [0.5, 0.6) is 0 Å². The maximum Gasteiger partial charge on any atom is 0.470 e. The first-order valence-corrected chi connectivity index (χ1v) is 4.85. The third-order valence-electron chi connectivity index (χ3n) is 0.930. The molecular weight excluding hydrogens is 204 g/mol. The maximum absolute atomic E-state index is 10.4. The van der Waals surface area contributed by atoms with Crippen LogP contribution in [0.15, 0.2) is 11.5 Å². The van der Waals surface area contributed by atoms with Crippen LogP contribution in [-0.4, -0.2) is 30.7 Å². The Morgan fingerprint density at radius 3 is 1.85 bits per heavy atom. The third-order valence-corrected chi connectivity index (χ3v) is 1.58. The summed E-state index contributed by atoms with van der Waals surface area (Å²) in [4.78, 5) is 17.6. The quantitative estimate of drug-likeness (QED) is 0.348. The van der Waals surface area contributed by atoms with Gasteiger partial charge < -0.3 is 0 Å². The van der Waals surface area contributed by atoms with Gasteiger partial charge in [-0.15, -0.1) is 0 Å². The molecule has 74 valence electrons. The summed E-state index contributed by atoms with van der Waals surface area (Å²) in [5, 5.41) is 20.4. The molecule has 0 heterocycles. The minimum atomic E-state index is -3.58. The van der Waals surface area contributed by atoms with Crippen molar-refractivity contribution in [3.05, 3.63) is 31.7 Å². The highest BCUT2D eigenvalue weighted by Gasteiger charge is 2.28. The Bertz CT molecular complexity index is 330. The molecule has 0 spiro atoms. The highest BCUT2D eigenvalue weighted by atomic mass is 32.2. The van der Waals surface area contributed by atoms with Gasteiger partial charge in [-0.3, -0.25) is 20.2 Å². The molecule has 0 aromatic rings. The Morgan fingerprint density at radius 2 is 1.62 bits per heavy atom. The van der Waals surface area contributed by atoms with Gasteiger partial charge in [0, 0.05) is 11.7 Å². The van der Waals surface area contributed by atoms with Gasteiger partial charge in [-0.1, -0.05) is 0 Å². The summed E-state index contributed by atoms with van der Waals surface area (Å²) < 4.78 is 20.9. The monoisotopic (exact) mass is 210 g/mol. The molecule has 0 aromatic carbocycles. The Kier molecular flexibility index (Phi) is 3.48. The molecule has 0 aliphatic rings. The first-order valence-electron chi connectivity index (χ1n) is 2.89. The van der Waals surface area contributed by atoms with Gasteiger partial charge >= 0.3 is 6.17 Å². The predicted molar refractivity (Wildman–Crippen MR) is 41.8 cm³/mol. The van der Waals surface area contributed by atoms with E-state index in [0.29, 0.717) is 11.5 Å². The summed E-state index contributed by atoms with van der Waals surface area (Å²) in [7, 11) is -3.58. The van der Waals surface area contributed by atoms with Crippen LogP contribution in [-0.2, 0) is 9.84 Å². The zero-order valence-corrected chi connectivity index (χ0v) is 7.30. The zero-order valence-electron chi connectivity index (χ0n) is 6.48.